The lowest BCUT2D eigenvalue weighted by molar-refractivity contribution is -0.394. The molecule has 0 aliphatic rings. The maximum absolute atomic E-state index is 12.9. The molecular formula is C20H17N7O5. The molecule has 0 radical (unpaired) electrons. The molecule has 0 saturated carbocycles. The van der Waals surface area contributed by atoms with E-state index in [-0.39, 0.29) is 11.4 Å². The normalized spacial score (nSPS) is 10.9. The molecule has 2 aromatic heterocycles. The third kappa shape index (κ3) is 3.64. The van der Waals surface area contributed by atoms with Crippen molar-refractivity contribution in [1.29, 1.82) is 0 Å². The Morgan fingerprint density at radius 2 is 1.72 bits per heavy atom. The van der Waals surface area contributed by atoms with E-state index in [4.69, 9.17) is 0 Å². The Morgan fingerprint density at radius 1 is 1.06 bits per heavy atom. The zero-order valence-electron chi connectivity index (χ0n) is 17.1. The molecule has 4 rings (SSSR count). The molecule has 162 valence electrons. The van der Waals surface area contributed by atoms with Gasteiger partial charge >= 0.3 is 0 Å². The monoisotopic (exact) mass is 435 g/mol. The summed E-state index contributed by atoms with van der Waals surface area (Å²) in [5, 5.41) is 29.3. The van der Waals surface area contributed by atoms with Crippen LogP contribution in [0, 0.1) is 27.2 Å². The number of fused-ring (bicyclic) bond motifs is 1. The second kappa shape index (κ2) is 7.91. The Hall–Kier alpha value is -4.61. The summed E-state index contributed by atoms with van der Waals surface area (Å²) in [4.78, 5) is 38.2. The lowest BCUT2D eigenvalue weighted by atomic mass is 10.1. The maximum atomic E-state index is 12.9. The molecular weight excluding hydrogens is 418 g/mol. The Labute approximate surface area is 180 Å². The number of imidazole rings is 1. The number of non-ortho nitro benzene ring substituents is 2. The number of hydrogen-bond donors (Lipinski definition) is 1. The van der Waals surface area contributed by atoms with Crippen molar-refractivity contribution in [2.45, 2.75) is 20.4 Å². The van der Waals surface area contributed by atoms with Crippen molar-refractivity contribution >= 4 is 34.1 Å². The second-order valence-electron chi connectivity index (χ2n) is 6.93. The summed E-state index contributed by atoms with van der Waals surface area (Å²) in [6.07, 6.45) is 0. The molecule has 1 N–H and O–H groups in total. The van der Waals surface area contributed by atoms with Crippen LogP contribution in [0.4, 0.5) is 17.2 Å². The van der Waals surface area contributed by atoms with E-state index in [1.807, 2.05) is 35.8 Å². The third-order valence-electron chi connectivity index (χ3n) is 4.80. The van der Waals surface area contributed by atoms with E-state index in [1.165, 1.54) is 4.68 Å². The number of nitro benzene ring substituents is 2. The Kier molecular flexibility index (Phi) is 5.10. The second-order valence-corrected chi connectivity index (χ2v) is 6.93. The van der Waals surface area contributed by atoms with Crippen molar-refractivity contribution in [3.63, 3.8) is 0 Å². The SMILES string of the molecule is CCn1c(-n2nc(C)cc2NC(=O)c2cc([N+](=O)[O-])cc([N+](=O)[O-])c2)nc2ccccc21. The molecule has 0 aliphatic carbocycles. The van der Waals surface area contributed by atoms with Gasteiger partial charge in [-0.2, -0.15) is 9.78 Å². The number of benzene rings is 2. The zero-order valence-corrected chi connectivity index (χ0v) is 17.1. The van der Waals surface area contributed by atoms with E-state index >= 15 is 0 Å². The Balaban J connectivity index is 1.76. The van der Waals surface area contributed by atoms with Crippen molar-refractivity contribution in [2.24, 2.45) is 0 Å². The fourth-order valence-electron chi connectivity index (χ4n) is 3.40. The van der Waals surface area contributed by atoms with Crippen LogP contribution < -0.4 is 5.32 Å². The van der Waals surface area contributed by atoms with E-state index in [2.05, 4.69) is 15.4 Å². The number of nitrogens with zero attached hydrogens (tertiary/aromatic N) is 6. The number of aromatic nitrogens is 4. The lowest BCUT2D eigenvalue weighted by Gasteiger charge is -2.10. The summed E-state index contributed by atoms with van der Waals surface area (Å²) in [6, 6.07) is 11.9. The summed E-state index contributed by atoms with van der Waals surface area (Å²) < 4.78 is 3.39. The van der Waals surface area contributed by atoms with Crippen molar-refractivity contribution in [3.8, 4) is 5.95 Å². The average molecular weight is 435 g/mol. The minimum Gasteiger partial charge on any atom is -0.309 e. The number of hydrogen-bond acceptors (Lipinski definition) is 7. The van der Waals surface area contributed by atoms with Gasteiger partial charge in [0.2, 0.25) is 5.95 Å². The molecule has 0 saturated heterocycles. The predicted molar refractivity (Wildman–Crippen MR) is 115 cm³/mol. The van der Waals surface area contributed by atoms with Crippen LogP contribution in [0.1, 0.15) is 23.0 Å². The predicted octanol–water partition coefficient (Wildman–Crippen LogP) is 3.62. The molecule has 2 aromatic carbocycles. The molecule has 1 amide bonds. The van der Waals surface area contributed by atoms with Crippen LogP contribution in [0.5, 0.6) is 0 Å². The highest BCUT2D eigenvalue weighted by molar-refractivity contribution is 6.04. The van der Waals surface area contributed by atoms with E-state index in [9.17, 15) is 25.0 Å². The molecule has 32 heavy (non-hydrogen) atoms. The highest BCUT2D eigenvalue weighted by atomic mass is 16.6. The van der Waals surface area contributed by atoms with Gasteiger partial charge in [-0.15, -0.1) is 0 Å². The van der Waals surface area contributed by atoms with Crippen LogP contribution in [0.15, 0.2) is 48.5 Å². The van der Waals surface area contributed by atoms with Crippen LogP contribution in [0.2, 0.25) is 0 Å². The molecule has 12 heteroatoms. The first-order chi connectivity index (χ1) is 15.3. The van der Waals surface area contributed by atoms with Gasteiger partial charge in [0.25, 0.3) is 17.3 Å². The summed E-state index contributed by atoms with van der Waals surface area (Å²) in [6.45, 7) is 4.29. The molecule has 0 fully saturated rings. The van der Waals surface area contributed by atoms with E-state index in [0.717, 1.165) is 29.2 Å². The van der Waals surface area contributed by atoms with Gasteiger partial charge in [-0.1, -0.05) is 12.1 Å². The van der Waals surface area contributed by atoms with E-state index < -0.39 is 27.1 Å². The number of nitro groups is 2. The van der Waals surface area contributed by atoms with Gasteiger partial charge < -0.3 is 9.88 Å². The molecule has 4 aromatic rings. The standard InChI is InChI=1S/C20H17N7O5/c1-3-24-17-7-5-4-6-16(17)21-20(24)25-18(8-12(2)23-25)22-19(28)13-9-14(26(29)30)11-15(10-13)27(31)32/h4-11H,3H2,1-2H3,(H,22,28). The molecule has 0 atom stereocenters. The number of aryl methyl sites for hydroxylation is 2. The van der Waals surface area contributed by atoms with Crippen LogP contribution >= 0.6 is 0 Å². The van der Waals surface area contributed by atoms with Gasteiger partial charge in [-0.05, 0) is 26.0 Å². The van der Waals surface area contributed by atoms with E-state index in [0.29, 0.717) is 18.2 Å². The number of para-hydroxylation sites is 2. The topological polar surface area (TPSA) is 151 Å². The van der Waals surface area contributed by atoms with Gasteiger partial charge in [0, 0.05) is 24.7 Å². The third-order valence-corrected chi connectivity index (χ3v) is 4.80. The number of rotatable bonds is 6. The van der Waals surface area contributed by atoms with Gasteiger partial charge in [-0.25, -0.2) is 4.98 Å². The lowest BCUT2D eigenvalue weighted by Crippen LogP contribution is -2.17. The molecule has 0 bridgehead atoms. The first kappa shape index (κ1) is 20.7. The van der Waals surface area contributed by atoms with Crippen molar-refractivity contribution in [3.05, 3.63) is 80.0 Å². The van der Waals surface area contributed by atoms with Gasteiger partial charge in [-0.3, -0.25) is 25.0 Å². The number of carbonyl (C=O) groups is 1. The fourth-order valence-corrected chi connectivity index (χ4v) is 3.40. The highest BCUT2D eigenvalue weighted by Gasteiger charge is 2.22. The first-order valence-corrected chi connectivity index (χ1v) is 9.56. The maximum Gasteiger partial charge on any atom is 0.277 e. The number of nitrogens with one attached hydrogen (secondary N) is 1. The van der Waals surface area contributed by atoms with Gasteiger partial charge in [0.15, 0.2) is 0 Å². The quantitative estimate of drug-likeness (QED) is 0.359. The minimum absolute atomic E-state index is 0.222. The van der Waals surface area contributed by atoms with E-state index in [1.54, 1.807) is 13.0 Å². The molecule has 0 aliphatic heterocycles. The molecule has 0 unspecified atom stereocenters. The Bertz CT molecular complexity index is 1360. The Morgan fingerprint density at radius 3 is 2.34 bits per heavy atom. The summed E-state index contributed by atoms with van der Waals surface area (Å²) in [7, 11) is 0. The van der Waals surface area contributed by atoms with Crippen LogP contribution in [-0.4, -0.2) is 35.1 Å². The largest absolute Gasteiger partial charge is 0.309 e. The molecule has 0 spiro atoms. The molecule has 2 heterocycles. The fraction of sp³-hybridized carbons (Fsp3) is 0.150. The van der Waals surface area contributed by atoms with Crippen LogP contribution in [0.3, 0.4) is 0 Å². The number of carbonyl (C=O) groups excluding carboxylic acids is 1. The highest BCUT2D eigenvalue weighted by Crippen LogP contribution is 2.25. The summed E-state index contributed by atoms with van der Waals surface area (Å²) in [5.41, 5.74) is 0.915. The zero-order chi connectivity index (χ0) is 23.0. The van der Waals surface area contributed by atoms with Crippen molar-refractivity contribution in [1.82, 2.24) is 19.3 Å². The summed E-state index contributed by atoms with van der Waals surface area (Å²) in [5.74, 6) is -0.00843. The van der Waals surface area contributed by atoms with Crippen molar-refractivity contribution in [2.75, 3.05) is 5.32 Å². The average Bonchev–Trinajstić information content (AvgIpc) is 3.32. The molecule has 12 nitrogen and oxygen atoms in total. The minimum atomic E-state index is -0.790. The first-order valence-electron chi connectivity index (χ1n) is 9.56. The number of amides is 1. The van der Waals surface area contributed by atoms with Crippen LogP contribution in [-0.2, 0) is 6.54 Å². The smallest absolute Gasteiger partial charge is 0.277 e. The number of anilines is 1. The van der Waals surface area contributed by atoms with Crippen molar-refractivity contribution < 1.29 is 14.6 Å². The van der Waals surface area contributed by atoms with Gasteiger partial charge in [0.1, 0.15) is 5.82 Å². The summed E-state index contributed by atoms with van der Waals surface area (Å²) >= 11 is 0. The van der Waals surface area contributed by atoms with Crippen LogP contribution in [0.25, 0.3) is 17.0 Å². The van der Waals surface area contributed by atoms with Gasteiger partial charge in [0.05, 0.1) is 38.2 Å².